The van der Waals surface area contributed by atoms with Crippen LogP contribution in [0.15, 0.2) is 0 Å². The third-order valence-electron chi connectivity index (χ3n) is 3.40. The summed E-state index contributed by atoms with van der Waals surface area (Å²) in [5.74, 6) is -1.50. The molecule has 0 N–H and O–H groups in total. The van der Waals surface area contributed by atoms with Gasteiger partial charge in [0.05, 0.1) is 0 Å². The molecule has 0 amide bonds. The maximum atomic E-state index is 13.1. The lowest BCUT2D eigenvalue weighted by Crippen LogP contribution is -2.55. The molecule has 0 aromatic rings. The van der Waals surface area contributed by atoms with Crippen molar-refractivity contribution < 1.29 is 28.1 Å². The van der Waals surface area contributed by atoms with E-state index in [-0.39, 0.29) is 12.2 Å². The molecule has 3 aliphatic rings. The Morgan fingerprint density at radius 2 is 1.39 bits per heavy atom. The minimum Gasteiger partial charge on any atom is -0.342 e. The van der Waals surface area contributed by atoms with E-state index < -0.39 is 36.7 Å². The number of rotatable bonds is 1. The Morgan fingerprint density at radius 3 is 2.06 bits per heavy atom. The number of hydrogen-bond donors (Lipinski definition) is 0. The van der Waals surface area contributed by atoms with Gasteiger partial charge in [-0.25, -0.2) is 4.39 Å². The zero-order valence-corrected chi connectivity index (χ0v) is 11.0. The van der Waals surface area contributed by atoms with E-state index in [1.807, 2.05) is 0 Å². The fraction of sp³-hybridized carbons (Fsp3) is 1.00. The zero-order valence-electron chi connectivity index (χ0n) is 11.0. The van der Waals surface area contributed by atoms with Crippen LogP contribution in [0.2, 0.25) is 0 Å². The molecule has 0 aromatic carbocycles. The van der Waals surface area contributed by atoms with Gasteiger partial charge in [-0.15, -0.1) is 0 Å². The van der Waals surface area contributed by atoms with Crippen LogP contribution in [0, 0.1) is 0 Å². The molecule has 3 heterocycles. The Morgan fingerprint density at radius 1 is 0.833 bits per heavy atom. The predicted octanol–water partition coefficient (Wildman–Crippen LogP) is 1.35. The summed E-state index contributed by atoms with van der Waals surface area (Å²) < 4.78 is 41.6. The van der Waals surface area contributed by atoms with Crippen LogP contribution < -0.4 is 0 Å². The standard InChI is InChI=1S/C12H19FO5/c1-11(2)15-7-6(5-13)14-10-9(8(7)16-11)17-12(3,4)18-10/h6-10H,5H2,1-4H3/t6-,7+,8+,9-,10?/m0/s1. The fourth-order valence-electron chi connectivity index (χ4n) is 2.82. The maximum absolute atomic E-state index is 13.1. The number of ether oxygens (including phenoxy) is 5. The highest BCUT2D eigenvalue weighted by Crippen LogP contribution is 2.43. The number of halogens is 1. The van der Waals surface area contributed by atoms with E-state index in [1.54, 1.807) is 27.7 Å². The van der Waals surface area contributed by atoms with Crippen LogP contribution >= 0.6 is 0 Å². The molecule has 18 heavy (non-hydrogen) atoms. The number of fused-ring (bicyclic) bond motifs is 3. The molecule has 0 saturated carbocycles. The van der Waals surface area contributed by atoms with Gasteiger partial charge in [-0.1, -0.05) is 0 Å². The minimum absolute atomic E-state index is 0.360. The first-order valence-corrected chi connectivity index (χ1v) is 6.24. The Balaban J connectivity index is 1.86. The average Bonchev–Trinajstić information content (AvgIpc) is 2.71. The fourth-order valence-corrected chi connectivity index (χ4v) is 2.82. The van der Waals surface area contributed by atoms with Gasteiger partial charge in [0.25, 0.3) is 0 Å². The van der Waals surface area contributed by atoms with Gasteiger partial charge in [0.1, 0.15) is 31.1 Å². The molecule has 0 aromatic heterocycles. The smallest absolute Gasteiger partial charge is 0.190 e. The Hall–Kier alpha value is -0.270. The van der Waals surface area contributed by atoms with Crippen LogP contribution in [0.5, 0.6) is 0 Å². The zero-order chi connectivity index (χ0) is 13.1. The molecule has 3 rings (SSSR count). The predicted molar refractivity (Wildman–Crippen MR) is 58.5 cm³/mol. The third-order valence-corrected chi connectivity index (χ3v) is 3.40. The van der Waals surface area contributed by atoms with E-state index in [0.29, 0.717) is 0 Å². The molecule has 3 fully saturated rings. The largest absolute Gasteiger partial charge is 0.342 e. The Bertz CT molecular complexity index is 345. The summed E-state index contributed by atoms with van der Waals surface area (Å²) in [7, 11) is 0. The second-order valence-corrected chi connectivity index (χ2v) is 5.86. The average molecular weight is 262 g/mol. The monoisotopic (exact) mass is 262 g/mol. The normalized spacial score (nSPS) is 48.8. The molecule has 0 spiro atoms. The summed E-state index contributed by atoms with van der Waals surface area (Å²) in [6, 6.07) is 0. The van der Waals surface area contributed by atoms with Crippen molar-refractivity contribution in [2.75, 3.05) is 6.67 Å². The highest BCUT2D eigenvalue weighted by molar-refractivity contribution is 4.99. The third kappa shape index (κ3) is 1.96. The molecule has 0 aliphatic carbocycles. The van der Waals surface area contributed by atoms with Gasteiger partial charge in [-0.2, -0.15) is 0 Å². The SMILES string of the molecule is CC1(C)O[C@@H]2[C@H](O1)[C@H](CF)OC1OC(C)(C)O[C@H]12. The van der Waals surface area contributed by atoms with Gasteiger partial charge in [0, 0.05) is 0 Å². The van der Waals surface area contributed by atoms with Crippen LogP contribution in [0.1, 0.15) is 27.7 Å². The Kier molecular flexibility index (Phi) is 2.74. The molecule has 5 nitrogen and oxygen atoms in total. The molecule has 0 radical (unpaired) electrons. The topological polar surface area (TPSA) is 46.2 Å². The minimum atomic E-state index is -0.753. The van der Waals surface area contributed by atoms with E-state index in [9.17, 15) is 4.39 Å². The van der Waals surface area contributed by atoms with E-state index in [2.05, 4.69) is 0 Å². The van der Waals surface area contributed by atoms with Crippen molar-refractivity contribution in [1.82, 2.24) is 0 Å². The second kappa shape index (κ2) is 3.86. The summed E-state index contributed by atoms with van der Waals surface area (Å²) in [4.78, 5) is 0. The van der Waals surface area contributed by atoms with Crippen molar-refractivity contribution in [3.63, 3.8) is 0 Å². The highest BCUT2D eigenvalue weighted by Gasteiger charge is 2.60. The van der Waals surface area contributed by atoms with E-state index in [4.69, 9.17) is 23.7 Å². The number of hydrogen-bond acceptors (Lipinski definition) is 5. The first-order valence-electron chi connectivity index (χ1n) is 6.24. The van der Waals surface area contributed by atoms with Crippen molar-refractivity contribution in [2.24, 2.45) is 0 Å². The molecule has 6 heteroatoms. The van der Waals surface area contributed by atoms with Crippen molar-refractivity contribution in [1.29, 1.82) is 0 Å². The first-order chi connectivity index (χ1) is 8.31. The highest BCUT2D eigenvalue weighted by atomic mass is 19.1. The summed E-state index contributed by atoms with van der Waals surface area (Å²) in [6.07, 6.45) is -2.46. The van der Waals surface area contributed by atoms with Gasteiger partial charge in [-0.05, 0) is 27.7 Å². The van der Waals surface area contributed by atoms with E-state index in [0.717, 1.165) is 0 Å². The summed E-state index contributed by atoms with van der Waals surface area (Å²) in [6.45, 7) is 6.57. The van der Waals surface area contributed by atoms with Gasteiger partial charge >= 0.3 is 0 Å². The quantitative estimate of drug-likeness (QED) is 0.714. The summed E-state index contributed by atoms with van der Waals surface area (Å²) >= 11 is 0. The summed E-state index contributed by atoms with van der Waals surface area (Å²) in [5, 5.41) is 0. The van der Waals surface area contributed by atoms with Crippen molar-refractivity contribution >= 4 is 0 Å². The lowest BCUT2D eigenvalue weighted by Gasteiger charge is -2.35. The molecule has 104 valence electrons. The first kappa shape index (κ1) is 12.7. The van der Waals surface area contributed by atoms with Gasteiger partial charge in [-0.3, -0.25) is 0 Å². The van der Waals surface area contributed by atoms with Crippen molar-refractivity contribution in [2.45, 2.75) is 70.0 Å². The molecule has 0 bridgehead atoms. The van der Waals surface area contributed by atoms with Gasteiger partial charge < -0.3 is 23.7 Å². The molecule has 3 aliphatic heterocycles. The van der Waals surface area contributed by atoms with Crippen molar-refractivity contribution in [3.05, 3.63) is 0 Å². The van der Waals surface area contributed by atoms with E-state index in [1.165, 1.54) is 0 Å². The second-order valence-electron chi connectivity index (χ2n) is 5.86. The molecule has 5 atom stereocenters. The maximum Gasteiger partial charge on any atom is 0.190 e. The summed E-state index contributed by atoms with van der Waals surface area (Å²) in [5.41, 5.74) is 0. The molecule has 3 saturated heterocycles. The van der Waals surface area contributed by atoms with Crippen LogP contribution in [-0.2, 0) is 23.7 Å². The Labute approximate surface area is 105 Å². The number of alkyl halides is 1. The molecule has 1 unspecified atom stereocenters. The lowest BCUT2D eigenvalue weighted by atomic mass is 10.00. The van der Waals surface area contributed by atoms with E-state index >= 15 is 0 Å². The molecular weight excluding hydrogens is 243 g/mol. The molecular formula is C12H19FO5. The van der Waals surface area contributed by atoms with Crippen LogP contribution in [0.4, 0.5) is 4.39 Å². The van der Waals surface area contributed by atoms with Gasteiger partial charge in [0.15, 0.2) is 17.9 Å². The van der Waals surface area contributed by atoms with Crippen molar-refractivity contribution in [3.8, 4) is 0 Å². The lowest BCUT2D eigenvalue weighted by molar-refractivity contribution is -0.236. The van der Waals surface area contributed by atoms with Crippen LogP contribution in [0.25, 0.3) is 0 Å². The van der Waals surface area contributed by atoms with Crippen LogP contribution in [0.3, 0.4) is 0 Å². The van der Waals surface area contributed by atoms with Crippen LogP contribution in [-0.4, -0.2) is 49.0 Å². The van der Waals surface area contributed by atoms with Gasteiger partial charge in [0.2, 0.25) is 0 Å².